The van der Waals surface area contributed by atoms with E-state index < -0.39 is 11.7 Å². The zero-order valence-electron chi connectivity index (χ0n) is 5.37. The Balaban J connectivity index is 3.23. The van der Waals surface area contributed by atoms with Crippen molar-refractivity contribution in [2.75, 3.05) is 0 Å². The second-order valence-electron chi connectivity index (χ2n) is 1.95. The van der Waals surface area contributed by atoms with E-state index in [-0.39, 0.29) is 5.56 Å². The quantitative estimate of drug-likeness (QED) is 0.771. The van der Waals surface area contributed by atoms with E-state index in [9.17, 15) is 9.90 Å². The maximum atomic E-state index is 10.8. The van der Waals surface area contributed by atoms with Gasteiger partial charge in [0.25, 0.3) is 0 Å². The van der Waals surface area contributed by atoms with Crippen molar-refractivity contribution in [3.8, 4) is 5.75 Å². The lowest BCUT2D eigenvalue weighted by Gasteiger charge is -2.08. The average molecular weight is 263 g/mol. The van der Waals surface area contributed by atoms with Crippen molar-refractivity contribution in [2.45, 2.75) is 0 Å². The fourth-order valence-corrected chi connectivity index (χ4v) is 1.16. The molecule has 0 amide bonds. The summed E-state index contributed by atoms with van der Waals surface area (Å²) in [5, 5.41) is 19.3. The number of rotatable bonds is 1. The van der Waals surface area contributed by atoms with Gasteiger partial charge >= 0.3 is 5.97 Å². The van der Waals surface area contributed by atoms with E-state index >= 15 is 0 Å². The molecule has 1 aromatic carbocycles. The number of benzene rings is 1. The minimum Gasteiger partial charge on any atom is -0.872 e. The van der Waals surface area contributed by atoms with Crippen LogP contribution in [0.5, 0.6) is 5.75 Å². The van der Waals surface area contributed by atoms with Crippen LogP contribution >= 0.6 is 22.6 Å². The van der Waals surface area contributed by atoms with Crippen LogP contribution in [0.2, 0.25) is 0 Å². The van der Waals surface area contributed by atoms with Crippen LogP contribution < -0.4 is 5.11 Å². The maximum Gasteiger partial charge on any atom is 0.335 e. The van der Waals surface area contributed by atoms with Gasteiger partial charge in [-0.1, -0.05) is 11.8 Å². The molecule has 0 aliphatic carbocycles. The van der Waals surface area contributed by atoms with Crippen molar-refractivity contribution < 1.29 is 15.0 Å². The molecular weight excluding hydrogens is 259 g/mol. The highest BCUT2D eigenvalue weighted by Gasteiger charge is 2.02. The van der Waals surface area contributed by atoms with Gasteiger partial charge in [-0.3, -0.25) is 0 Å². The van der Waals surface area contributed by atoms with E-state index in [0.717, 1.165) is 3.57 Å². The third-order valence-corrected chi connectivity index (χ3v) is 1.84. The fourth-order valence-electron chi connectivity index (χ4n) is 0.669. The number of carboxylic acids is 1. The number of hydrogen-bond acceptors (Lipinski definition) is 2. The summed E-state index contributed by atoms with van der Waals surface area (Å²) in [6.45, 7) is 0. The minimum absolute atomic E-state index is 0.170. The van der Waals surface area contributed by atoms with Crippen LogP contribution in [0.3, 0.4) is 0 Å². The van der Waals surface area contributed by atoms with Crippen LogP contribution in [-0.2, 0) is 0 Å². The van der Waals surface area contributed by atoms with E-state index in [0.29, 0.717) is 0 Å². The Morgan fingerprint density at radius 2 is 2.18 bits per heavy atom. The minimum atomic E-state index is -1.17. The molecule has 0 radical (unpaired) electrons. The number of halogens is 1. The summed E-state index contributed by atoms with van der Waals surface area (Å²) in [4.78, 5) is 10.4. The molecule has 0 heterocycles. The first kappa shape index (κ1) is 8.32. The normalized spacial score (nSPS) is 9.55. The predicted molar refractivity (Wildman–Crippen MR) is 45.6 cm³/mol. The highest BCUT2D eigenvalue weighted by molar-refractivity contribution is 14.1. The molecule has 0 spiro atoms. The molecule has 0 saturated heterocycles. The Morgan fingerprint density at radius 3 is 2.64 bits per heavy atom. The van der Waals surface area contributed by atoms with Gasteiger partial charge in [0.1, 0.15) is 0 Å². The van der Waals surface area contributed by atoms with Gasteiger partial charge in [0.15, 0.2) is 0 Å². The van der Waals surface area contributed by atoms with Gasteiger partial charge < -0.3 is 10.2 Å². The zero-order valence-corrected chi connectivity index (χ0v) is 7.53. The number of carbonyl (C=O) groups is 1. The molecule has 0 atom stereocenters. The smallest absolute Gasteiger partial charge is 0.335 e. The molecule has 1 rings (SSSR count). The summed E-state index contributed by atoms with van der Waals surface area (Å²) in [6.07, 6.45) is 0. The lowest BCUT2D eigenvalue weighted by molar-refractivity contribution is -0.268. The molecule has 1 aromatic rings. The molecule has 0 unspecified atom stereocenters. The highest BCUT2D eigenvalue weighted by atomic mass is 127. The summed E-state index contributed by atoms with van der Waals surface area (Å²) >= 11 is 1.95. The molecule has 58 valence electrons. The van der Waals surface area contributed by atoms with Gasteiger partial charge in [0.05, 0.1) is 5.56 Å². The number of aromatic carboxylic acids is 1. The van der Waals surface area contributed by atoms with E-state index in [4.69, 9.17) is 5.11 Å². The van der Waals surface area contributed by atoms with Gasteiger partial charge in [0, 0.05) is 3.57 Å². The van der Waals surface area contributed by atoms with Crippen LogP contribution in [0, 0.1) is 3.57 Å². The number of carboxylic acid groups (broad SMARTS) is 1. The molecule has 0 aliphatic rings. The van der Waals surface area contributed by atoms with E-state index in [1.807, 2.05) is 22.6 Å². The molecule has 3 nitrogen and oxygen atoms in total. The second kappa shape index (κ2) is 3.08. The van der Waals surface area contributed by atoms with Crippen molar-refractivity contribution in [1.82, 2.24) is 0 Å². The summed E-state index contributed by atoms with van der Waals surface area (Å²) in [5.74, 6) is -1.62. The largest absolute Gasteiger partial charge is 0.872 e. The first-order valence-electron chi connectivity index (χ1n) is 2.81. The van der Waals surface area contributed by atoms with Gasteiger partial charge in [-0.25, -0.2) is 4.79 Å². The summed E-state index contributed by atoms with van der Waals surface area (Å²) in [6, 6.07) is 4.19. The molecule has 0 bridgehead atoms. The Bertz CT molecular complexity index is 296. The molecule has 0 aromatic heterocycles. The lowest BCUT2D eigenvalue weighted by Crippen LogP contribution is -2.03. The van der Waals surface area contributed by atoms with Crippen LogP contribution in [0.1, 0.15) is 10.4 Å². The molecule has 4 heteroatoms. The van der Waals surface area contributed by atoms with Crippen molar-refractivity contribution >= 4 is 28.6 Å². The SMILES string of the molecule is O=C(O)c1cc(I)ccc1[O-]. The Kier molecular flexibility index (Phi) is 2.33. The third-order valence-electron chi connectivity index (χ3n) is 1.17. The van der Waals surface area contributed by atoms with Crippen LogP contribution in [0.15, 0.2) is 18.2 Å². The summed E-state index contributed by atoms with van der Waals surface area (Å²) < 4.78 is 0.750. The molecular formula is C7H4IO3-. The predicted octanol–water partition coefficient (Wildman–Crippen LogP) is 1.06. The molecule has 1 N–H and O–H groups in total. The molecule has 11 heavy (non-hydrogen) atoms. The van der Waals surface area contributed by atoms with E-state index in [1.165, 1.54) is 12.1 Å². The monoisotopic (exact) mass is 263 g/mol. The molecule has 0 aliphatic heterocycles. The average Bonchev–Trinajstić information content (AvgIpc) is 1.94. The zero-order chi connectivity index (χ0) is 8.43. The topological polar surface area (TPSA) is 60.4 Å². The number of hydrogen-bond donors (Lipinski definition) is 1. The highest BCUT2D eigenvalue weighted by Crippen LogP contribution is 2.16. The van der Waals surface area contributed by atoms with Crippen LogP contribution in [-0.4, -0.2) is 11.1 Å². The lowest BCUT2D eigenvalue weighted by atomic mass is 10.2. The van der Waals surface area contributed by atoms with Crippen molar-refractivity contribution in [1.29, 1.82) is 0 Å². The first-order chi connectivity index (χ1) is 5.11. The third kappa shape index (κ3) is 1.83. The van der Waals surface area contributed by atoms with Gasteiger partial charge in [-0.2, -0.15) is 0 Å². The fraction of sp³-hybridized carbons (Fsp3) is 0. The van der Waals surface area contributed by atoms with Crippen LogP contribution in [0.4, 0.5) is 0 Å². The Morgan fingerprint density at radius 1 is 1.55 bits per heavy atom. The van der Waals surface area contributed by atoms with E-state index in [1.54, 1.807) is 6.07 Å². The first-order valence-corrected chi connectivity index (χ1v) is 3.89. The van der Waals surface area contributed by atoms with Gasteiger partial charge in [-0.05, 0) is 34.7 Å². The van der Waals surface area contributed by atoms with Gasteiger partial charge in [-0.15, -0.1) is 0 Å². The summed E-state index contributed by atoms with van der Waals surface area (Å²) in [7, 11) is 0. The Labute approximate surface area is 76.8 Å². The molecule has 0 fully saturated rings. The maximum absolute atomic E-state index is 10.8. The van der Waals surface area contributed by atoms with Gasteiger partial charge in [0.2, 0.25) is 0 Å². The van der Waals surface area contributed by atoms with Crippen LogP contribution in [0.25, 0.3) is 0 Å². The van der Waals surface area contributed by atoms with Crippen molar-refractivity contribution in [2.24, 2.45) is 0 Å². The van der Waals surface area contributed by atoms with Crippen molar-refractivity contribution in [3.63, 3.8) is 0 Å². The summed E-state index contributed by atoms with van der Waals surface area (Å²) in [5.41, 5.74) is -0.170. The van der Waals surface area contributed by atoms with Crippen molar-refractivity contribution in [3.05, 3.63) is 27.3 Å². The Hall–Kier alpha value is -0.780. The van der Waals surface area contributed by atoms with E-state index in [2.05, 4.69) is 0 Å². The molecule has 0 saturated carbocycles. The second-order valence-corrected chi connectivity index (χ2v) is 3.19. The standard InChI is InChI=1S/C7H5IO3/c8-4-1-2-6(9)5(3-4)7(10)11/h1-3,9H,(H,10,11)/p-1.